The Morgan fingerprint density at radius 2 is 1.26 bits per heavy atom. The van der Waals surface area contributed by atoms with Crippen molar-refractivity contribution in [3.05, 3.63) is 37.0 Å². The molecule has 3 heterocycles. The van der Waals surface area contributed by atoms with Crippen LogP contribution in [0.4, 0.5) is 0 Å². The molecule has 0 saturated carbocycles. The molecule has 0 aliphatic carbocycles. The van der Waals surface area contributed by atoms with Crippen LogP contribution in [0.15, 0.2) is 20.0 Å². The lowest BCUT2D eigenvalue weighted by molar-refractivity contribution is 0.189. The van der Waals surface area contributed by atoms with Crippen molar-refractivity contribution >= 4 is 6.20 Å². The summed E-state index contributed by atoms with van der Waals surface area (Å²) in [6.07, 6.45) is 0.845. The summed E-state index contributed by atoms with van der Waals surface area (Å²) in [6.45, 7) is 10.4. The third kappa shape index (κ3) is 2.08. The molecule has 0 radical (unpaired) electrons. The minimum absolute atomic E-state index is 0.288. The number of epoxide rings is 2. The van der Waals surface area contributed by atoms with Gasteiger partial charge in [-0.15, -0.1) is 0 Å². The molecular weight excluding hydrogens is 302 g/mol. The zero-order chi connectivity index (χ0) is 17.3. The Labute approximate surface area is 132 Å². The molecule has 2 fully saturated rings. The first kappa shape index (κ1) is 15.9. The summed E-state index contributed by atoms with van der Waals surface area (Å²) < 4.78 is 13.8. The van der Waals surface area contributed by atoms with Crippen LogP contribution in [0.2, 0.25) is 0 Å². The van der Waals surface area contributed by atoms with Gasteiger partial charge in [0.05, 0.1) is 0 Å². The summed E-state index contributed by atoms with van der Waals surface area (Å²) in [5.74, 6) is 0. The maximum absolute atomic E-state index is 12.8. The maximum atomic E-state index is 12.8. The molecule has 4 atom stereocenters. The van der Waals surface area contributed by atoms with Gasteiger partial charge in [-0.05, 0) is 41.5 Å². The van der Waals surface area contributed by atoms with Crippen molar-refractivity contribution in [3.63, 3.8) is 0 Å². The molecule has 23 heavy (non-hydrogen) atoms. The second kappa shape index (κ2) is 4.55. The normalized spacial score (nSPS) is 35.0. The number of aromatic nitrogens is 3. The van der Waals surface area contributed by atoms with Gasteiger partial charge in [-0.25, -0.2) is 28.1 Å². The van der Waals surface area contributed by atoms with Crippen molar-refractivity contribution in [1.29, 1.82) is 0 Å². The predicted molar refractivity (Wildman–Crippen MR) is 83.2 cm³/mol. The van der Waals surface area contributed by atoms with E-state index in [1.54, 1.807) is 41.5 Å². The van der Waals surface area contributed by atoms with Crippen LogP contribution in [-0.2, 0) is 20.9 Å². The minimum atomic E-state index is -1.05. The topological polar surface area (TPSA) is 91.1 Å². The molecule has 0 amide bonds. The van der Waals surface area contributed by atoms with Crippen LogP contribution in [-0.4, -0.2) is 25.9 Å². The highest BCUT2D eigenvalue weighted by Crippen LogP contribution is 2.40. The highest BCUT2D eigenvalue weighted by Gasteiger charge is 2.57. The Morgan fingerprint density at radius 1 is 0.913 bits per heavy atom. The third-order valence-electron chi connectivity index (χ3n) is 4.68. The summed E-state index contributed by atoms with van der Waals surface area (Å²) in [6, 6.07) is 0. The minimum Gasteiger partial charge on any atom is -0.345 e. The van der Waals surface area contributed by atoms with Crippen molar-refractivity contribution in [2.24, 2.45) is 0 Å². The Bertz CT molecular complexity index is 828. The van der Waals surface area contributed by atoms with Crippen LogP contribution < -0.4 is 17.1 Å². The first-order valence-electron chi connectivity index (χ1n) is 7.56. The van der Waals surface area contributed by atoms with E-state index in [4.69, 9.17) is 9.47 Å². The van der Waals surface area contributed by atoms with E-state index in [-0.39, 0.29) is 12.2 Å². The highest BCUT2D eigenvalue weighted by molar-refractivity contribution is 5.27. The van der Waals surface area contributed by atoms with Crippen LogP contribution in [0.25, 0.3) is 6.20 Å². The fourth-order valence-corrected chi connectivity index (χ4v) is 2.81. The number of nitrogens with zero attached hydrogens (tertiary/aromatic N) is 3. The van der Waals surface area contributed by atoms with Gasteiger partial charge in [0.15, 0.2) is 11.4 Å². The van der Waals surface area contributed by atoms with E-state index in [1.165, 1.54) is 6.20 Å². The maximum Gasteiger partial charge on any atom is 0.342 e. The van der Waals surface area contributed by atoms with Crippen LogP contribution in [0.1, 0.15) is 41.5 Å². The van der Waals surface area contributed by atoms with Crippen molar-refractivity contribution in [2.75, 3.05) is 0 Å². The second-order valence-corrected chi connectivity index (χ2v) is 6.72. The first-order chi connectivity index (χ1) is 10.5. The standard InChI is InChI=1S/C15H21N3O5/c1-8(2)7-16-11(19)17(14(5)9(3)22-14)13(21)18(12(16)20)15(6)10(4)23-15/h7,9-10H,1-6H3. The largest absolute Gasteiger partial charge is 0.345 e. The monoisotopic (exact) mass is 323 g/mol. The van der Waals surface area contributed by atoms with Gasteiger partial charge in [-0.3, -0.25) is 0 Å². The molecule has 0 bridgehead atoms. The summed E-state index contributed by atoms with van der Waals surface area (Å²) >= 11 is 0. The number of rotatable bonds is 3. The van der Waals surface area contributed by atoms with Crippen molar-refractivity contribution in [1.82, 2.24) is 13.7 Å². The van der Waals surface area contributed by atoms with Crippen LogP contribution in [0.5, 0.6) is 0 Å². The molecule has 8 heteroatoms. The average molecular weight is 323 g/mol. The van der Waals surface area contributed by atoms with Gasteiger partial charge in [-0.2, -0.15) is 0 Å². The molecule has 2 aliphatic rings. The molecule has 0 aromatic carbocycles. The molecule has 1 aromatic heterocycles. The smallest absolute Gasteiger partial charge is 0.342 e. The molecule has 1 aromatic rings. The Balaban J connectivity index is 2.41. The van der Waals surface area contributed by atoms with Gasteiger partial charge in [0.2, 0.25) is 0 Å². The van der Waals surface area contributed by atoms with Gasteiger partial charge in [0.1, 0.15) is 12.2 Å². The van der Waals surface area contributed by atoms with Crippen LogP contribution in [0.3, 0.4) is 0 Å². The SMILES string of the molecule is CC(C)=Cn1c(=O)n(C2(C)OC2C)c(=O)n(C2(C)OC2C)c1=O. The molecular formula is C15H21N3O5. The Hall–Kier alpha value is -1.93. The fraction of sp³-hybridized carbons (Fsp3) is 0.667. The van der Waals surface area contributed by atoms with Crippen molar-refractivity contribution in [2.45, 2.75) is 65.2 Å². The zero-order valence-electron chi connectivity index (χ0n) is 14.1. The zero-order valence-corrected chi connectivity index (χ0v) is 14.1. The molecule has 3 rings (SSSR count). The van der Waals surface area contributed by atoms with Crippen molar-refractivity contribution in [3.8, 4) is 0 Å². The second-order valence-electron chi connectivity index (χ2n) is 6.72. The first-order valence-corrected chi connectivity index (χ1v) is 7.56. The van der Waals surface area contributed by atoms with E-state index in [1.807, 2.05) is 0 Å². The van der Waals surface area contributed by atoms with E-state index >= 15 is 0 Å². The summed E-state index contributed by atoms with van der Waals surface area (Å²) in [4.78, 5) is 38.3. The Morgan fingerprint density at radius 3 is 1.52 bits per heavy atom. The number of hydrogen-bond donors (Lipinski definition) is 0. The van der Waals surface area contributed by atoms with Gasteiger partial charge in [-0.1, -0.05) is 5.57 Å². The van der Waals surface area contributed by atoms with Gasteiger partial charge in [0.25, 0.3) is 0 Å². The van der Waals surface area contributed by atoms with E-state index in [0.29, 0.717) is 0 Å². The summed E-state index contributed by atoms with van der Waals surface area (Å²) in [5, 5.41) is 0. The summed E-state index contributed by atoms with van der Waals surface area (Å²) in [7, 11) is 0. The molecule has 8 nitrogen and oxygen atoms in total. The quantitative estimate of drug-likeness (QED) is 0.743. The number of allylic oxidation sites excluding steroid dienone is 1. The highest BCUT2D eigenvalue weighted by atomic mass is 16.6. The average Bonchev–Trinajstić information content (AvgIpc) is 3.22. The van der Waals surface area contributed by atoms with Crippen molar-refractivity contribution < 1.29 is 9.47 Å². The number of hydrogen-bond acceptors (Lipinski definition) is 5. The molecule has 0 N–H and O–H groups in total. The van der Waals surface area contributed by atoms with Crippen LogP contribution in [0, 0.1) is 0 Å². The van der Waals surface area contributed by atoms with E-state index in [2.05, 4.69) is 0 Å². The van der Waals surface area contributed by atoms with Gasteiger partial charge >= 0.3 is 17.1 Å². The molecule has 2 aliphatic heterocycles. The lowest BCUT2D eigenvalue weighted by atomic mass is 10.2. The third-order valence-corrected chi connectivity index (χ3v) is 4.68. The Kier molecular flexibility index (Phi) is 3.15. The lowest BCUT2D eigenvalue weighted by Crippen LogP contribution is -2.59. The van der Waals surface area contributed by atoms with E-state index in [0.717, 1.165) is 19.3 Å². The van der Waals surface area contributed by atoms with E-state index in [9.17, 15) is 14.4 Å². The molecule has 2 saturated heterocycles. The fourth-order valence-electron chi connectivity index (χ4n) is 2.81. The van der Waals surface area contributed by atoms with E-state index < -0.39 is 28.5 Å². The van der Waals surface area contributed by atoms with Gasteiger partial charge < -0.3 is 9.47 Å². The van der Waals surface area contributed by atoms with Crippen LogP contribution >= 0.6 is 0 Å². The van der Waals surface area contributed by atoms with Gasteiger partial charge in [0, 0.05) is 6.20 Å². The summed E-state index contributed by atoms with van der Waals surface area (Å²) in [5.41, 5.74) is -3.46. The molecule has 4 unspecified atom stereocenters. The number of ether oxygens (including phenoxy) is 2. The lowest BCUT2D eigenvalue weighted by Gasteiger charge is -2.17. The molecule has 126 valence electrons. The predicted octanol–water partition coefficient (Wildman–Crippen LogP) is 0.235. The molecule has 0 spiro atoms.